The first kappa shape index (κ1) is 16.2. The van der Waals surface area contributed by atoms with Gasteiger partial charge in [-0.15, -0.1) is 0 Å². The highest BCUT2D eigenvalue weighted by Crippen LogP contribution is 2.44. The Hall–Kier alpha value is -2.70. The van der Waals surface area contributed by atoms with Crippen LogP contribution in [0.3, 0.4) is 0 Å². The topological polar surface area (TPSA) is 85.6 Å². The van der Waals surface area contributed by atoms with E-state index in [2.05, 4.69) is 10.4 Å². The number of hydrogen-bond donors (Lipinski definition) is 2. The van der Waals surface area contributed by atoms with Gasteiger partial charge < -0.3 is 19.9 Å². The number of nitrogens with one attached hydrogen (secondary N) is 1. The number of carbonyl (C=O) groups excluding carboxylic acids is 1. The van der Waals surface area contributed by atoms with E-state index >= 15 is 0 Å². The second-order valence-electron chi connectivity index (χ2n) is 6.07. The normalized spacial score (nSPS) is 16.7. The van der Waals surface area contributed by atoms with Gasteiger partial charge in [-0.3, -0.25) is 4.79 Å². The maximum absolute atomic E-state index is 12.2. The molecule has 0 bridgehead atoms. The second-order valence-corrected chi connectivity index (χ2v) is 6.07. The van der Waals surface area contributed by atoms with Crippen molar-refractivity contribution < 1.29 is 19.4 Å². The van der Waals surface area contributed by atoms with E-state index in [0.29, 0.717) is 17.9 Å². The summed E-state index contributed by atoms with van der Waals surface area (Å²) in [4.78, 5) is 12.2. The molecule has 1 aliphatic heterocycles. The molecular weight excluding hydrogens is 310 g/mol. The van der Waals surface area contributed by atoms with Gasteiger partial charge in [-0.25, -0.2) is 4.68 Å². The Labute approximate surface area is 140 Å². The van der Waals surface area contributed by atoms with Crippen molar-refractivity contribution in [2.75, 3.05) is 19.5 Å². The van der Waals surface area contributed by atoms with Gasteiger partial charge >= 0.3 is 0 Å². The number of nitrogens with zero attached hydrogens (tertiary/aromatic N) is 2. The van der Waals surface area contributed by atoms with Gasteiger partial charge in [-0.2, -0.15) is 5.10 Å². The van der Waals surface area contributed by atoms with Gasteiger partial charge in [0.25, 0.3) is 0 Å². The van der Waals surface area contributed by atoms with E-state index < -0.39 is 0 Å². The van der Waals surface area contributed by atoms with Gasteiger partial charge in [-0.1, -0.05) is 0 Å². The zero-order valence-corrected chi connectivity index (χ0v) is 14.2. The third kappa shape index (κ3) is 2.55. The largest absolute Gasteiger partial charge is 0.502 e. The van der Waals surface area contributed by atoms with Crippen LogP contribution in [0.2, 0.25) is 0 Å². The first-order valence-electron chi connectivity index (χ1n) is 7.78. The molecule has 7 heteroatoms. The highest BCUT2D eigenvalue weighted by molar-refractivity contribution is 5.94. The minimum absolute atomic E-state index is 0.0536. The average Bonchev–Trinajstić information content (AvgIpc) is 2.98. The molecule has 1 amide bonds. The quantitative estimate of drug-likeness (QED) is 0.899. The molecule has 0 fully saturated rings. The van der Waals surface area contributed by atoms with Crippen LogP contribution < -0.4 is 14.8 Å². The molecule has 2 heterocycles. The van der Waals surface area contributed by atoms with E-state index in [4.69, 9.17) is 9.47 Å². The zero-order valence-electron chi connectivity index (χ0n) is 14.2. The van der Waals surface area contributed by atoms with Crippen molar-refractivity contribution in [2.24, 2.45) is 0 Å². The Bertz CT molecular complexity index is 757. The monoisotopic (exact) mass is 331 g/mol. The minimum atomic E-state index is -0.176. The number of rotatable bonds is 4. The maximum Gasteiger partial charge on any atom is 0.226 e. The molecule has 1 aliphatic rings. The van der Waals surface area contributed by atoms with Crippen molar-refractivity contribution in [1.29, 1.82) is 0 Å². The number of ether oxygens (including phenoxy) is 2. The van der Waals surface area contributed by atoms with Crippen LogP contribution in [-0.2, 0) is 4.79 Å². The summed E-state index contributed by atoms with van der Waals surface area (Å²) in [6, 6.07) is 3.60. The van der Waals surface area contributed by atoms with Crippen LogP contribution in [0.15, 0.2) is 18.3 Å². The molecule has 0 radical (unpaired) electrons. The highest BCUT2D eigenvalue weighted by atomic mass is 16.5. The molecule has 0 saturated heterocycles. The molecule has 0 saturated carbocycles. The predicted molar refractivity (Wildman–Crippen MR) is 88.9 cm³/mol. The van der Waals surface area contributed by atoms with Gasteiger partial charge in [0.2, 0.25) is 11.7 Å². The third-order valence-corrected chi connectivity index (χ3v) is 4.24. The molecule has 1 aromatic heterocycles. The first-order valence-corrected chi connectivity index (χ1v) is 7.78. The molecule has 1 unspecified atom stereocenters. The van der Waals surface area contributed by atoms with Crippen molar-refractivity contribution >= 4 is 11.7 Å². The number of aromatic hydroxyl groups is 1. The summed E-state index contributed by atoms with van der Waals surface area (Å²) in [5.74, 6) is 1.05. The number of methoxy groups -OCH3 is 2. The van der Waals surface area contributed by atoms with Crippen molar-refractivity contribution in [3.63, 3.8) is 0 Å². The van der Waals surface area contributed by atoms with E-state index in [0.717, 1.165) is 16.9 Å². The fourth-order valence-corrected chi connectivity index (χ4v) is 3.04. The molecule has 1 aromatic carbocycles. The number of anilines is 1. The Balaban J connectivity index is 2.13. The van der Waals surface area contributed by atoms with Crippen LogP contribution in [0.25, 0.3) is 0 Å². The van der Waals surface area contributed by atoms with Crippen LogP contribution in [-0.4, -0.2) is 35.0 Å². The molecule has 2 N–H and O–H groups in total. The summed E-state index contributed by atoms with van der Waals surface area (Å²) in [7, 11) is 2.96. The molecule has 128 valence electrons. The molecule has 0 spiro atoms. The van der Waals surface area contributed by atoms with Crippen molar-refractivity contribution in [1.82, 2.24) is 9.78 Å². The Kier molecular flexibility index (Phi) is 4.09. The number of phenols is 1. The van der Waals surface area contributed by atoms with Crippen LogP contribution in [0.4, 0.5) is 5.82 Å². The summed E-state index contributed by atoms with van der Waals surface area (Å²) >= 11 is 0. The van der Waals surface area contributed by atoms with Crippen molar-refractivity contribution in [3.8, 4) is 17.2 Å². The Morgan fingerprint density at radius 1 is 1.29 bits per heavy atom. The molecular formula is C17H21N3O4. The zero-order chi connectivity index (χ0) is 17.4. The maximum atomic E-state index is 12.2. The van der Waals surface area contributed by atoms with Gasteiger partial charge in [0.1, 0.15) is 5.82 Å². The summed E-state index contributed by atoms with van der Waals surface area (Å²) in [5, 5.41) is 17.4. The number of fused-ring (bicyclic) bond motifs is 1. The summed E-state index contributed by atoms with van der Waals surface area (Å²) < 4.78 is 12.3. The first-order chi connectivity index (χ1) is 11.5. The molecule has 3 rings (SSSR count). The summed E-state index contributed by atoms with van der Waals surface area (Å²) in [6.45, 7) is 4.02. The summed E-state index contributed by atoms with van der Waals surface area (Å²) in [5.41, 5.74) is 1.78. The molecule has 24 heavy (non-hydrogen) atoms. The number of aromatic nitrogens is 2. The average molecular weight is 331 g/mol. The van der Waals surface area contributed by atoms with Crippen molar-refractivity contribution in [3.05, 3.63) is 29.5 Å². The lowest BCUT2D eigenvalue weighted by Gasteiger charge is -2.25. The molecule has 7 nitrogen and oxygen atoms in total. The SMILES string of the molecule is COc1cc(C2CC(=O)Nc3c2cnn3C(C)C)cc(OC)c1O. The fraction of sp³-hybridized carbons (Fsp3) is 0.412. The molecule has 0 aliphatic carbocycles. The van der Waals surface area contributed by atoms with Crippen LogP contribution in [0, 0.1) is 0 Å². The molecule has 1 atom stereocenters. The van der Waals surface area contributed by atoms with Crippen LogP contribution in [0.5, 0.6) is 17.2 Å². The number of carbonyl (C=O) groups is 1. The van der Waals surface area contributed by atoms with Crippen LogP contribution in [0.1, 0.15) is 43.4 Å². The lowest BCUT2D eigenvalue weighted by atomic mass is 9.87. The number of benzene rings is 1. The van der Waals surface area contributed by atoms with Gasteiger partial charge in [0.05, 0.1) is 20.4 Å². The Morgan fingerprint density at radius 2 is 1.92 bits per heavy atom. The molecule has 2 aromatic rings. The number of amides is 1. The lowest BCUT2D eigenvalue weighted by Crippen LogP contribution is -2.25. The predicted octanol–water partition coefficient (Wildman–Crippen LogP) is 2.66. The standard InChI is InChI=1S/C17H21N3O4/c1-9(2)20-17-12(8-18-20)11(7-15(21)19-17)10-5-13(23-3)16(22)14(6-10)24-4/h5-6,8-9,11,22H,7H2,1-4H3,(H,19,21). The smallest absolute Gasteiger partial charge is 0.226 e. The number of phenolic OH excluding ortho intramolecular Hbond substituents is 1. The third-order valence-electron chi connectivity index (χ3n) is 4.24. The van der Waals surface area contributed by atoms with E-state index in [9.17, 15) is 9.90 Å². The van der Waals surface area contributed by atoms with E-state index in [1.54, 1.807) is 23.0 Å². The van der Waals surface area contributed by atoms with Crippen LogP contribution >= 0.6 is 0 Å². The minimum Gasteiger partial charge on any atom is -0.502 e. The number of hydrogen-bond acceptors (Lipinski definition) is 5. The fourth-order valence-electron chi connectivity index (χ4n) is 3.04. The second kappa shape index (κ2) is 6.07. The van der Waals surface area contributed by atoms with E-state index in [-0.39, 0.29) is 23.6 Å². The highest BCUT2D eigenvalue weighted by Gasteiger charge is 2.31. The lowest BCUT2D eigenvalue weighted by molar-refractivity contribution is -0.116. The van der Waals surface area contributed by atoms with Gasteiger partial charge in [-0.05, 0) is 31.5 Å². The van der Waals surface area contributed by atoms with E-state index in [1.165, 1.54) is 14.2 Å². The van der Waals surface area contributed by atoms with Crippen molar-refractivity contribution in [2.45, 2.75) is 32.2 Å². The van der Waals surface area contributed by atoms with Gasteiger partial charge in [0.15, 0.2) is 11.5 Å². The van der Waals surface area contributed by atoms with Gasteiger partial charge in [0, 0.05) is 23.9 Å². The van der Waals surface area contributed by atoms with E-state index in [1.807, 2.05) is 13.8 Å². The Morgan fingerprint density at radius 3 is 2.46 bits per heavy atom. The summed E-state index contributed by atoms with van der Waals surface area (Å²) in [6.07, 6.45) is 2.08.